The molecule has 3 atom stereocenters. The van der Waals surface area contributed by atoms with E-state index in [9.17, 15) is 4.39 Å². The van der Waals surface area contributed by atoms with Crippen LogP contribution >= 0.6 is 0 Å². The molecular weight excluding hydrogens is 253 g/mol. The number of nitrogens with two attached hydrogens (primary N) is 1. The Hall–Kier alpha value is -0.930. The largest absolute Gasteiger partial charge is 0.369 e. The topological polar surface area (TPSA) is 35.2 Å². The molecule has 20 heavy (non-hydrogen) atoms. The maximum atomic E-state index is 13.0. The third-order valence-corrected chi connectivity index (χ3v) is 3.52. The summed E-state index contributed by atoms with van der Waals surface area (Å²) in [5.41, 5.74) is 6.96. The van der Waals surface area contributed by atoms with Gasteiger partial charge in [-0.05, 0) is 38.0 Å². The Morgan fingerprint density at radius 2 is 1.75 bits per heavy atom. The molecule has 2 N–H and O–H groups in total. The van der Waals surface area contributed by atoms with E-state index in [2.05, 4.69) is 13.8 Å². The second kappa shape index (κ2) is 9.09. The smallest absolute Gasteiger partial charge is 0.123 e. The van der Waals surface area contributed by atoms with Crippen LogP contribution in [0.4, 0.5) is 4.39 Å². The van der Waals surface area contributed by atoms with Gasteiger partial charge in [-0.25, -0.2) is 4.39 Å². The Bertz CT molecular complexity index is 364. The van der Waals surface area contributed by atoms with E-state index in [4.69, 9.17) is 10.5 Å². The number of ether oxygens (including phenoxy) is 1. The molecule has 0 saturated heterocycles. The van der Waals surface area contributed by atoms with Crippen LogP contribution in [0.5, 0.6) is 0 Å². The molecule has 3 heteroatoms. The lowest BCUT2D eigenvalue weighted by atomic mass is 10.0. The second-order valence-electron chi connectivity index (χ2n) is 5.63. The minimum absolute atomic E-state index is 0.112. The molecule has 2 nitrogen and oxygen atoms in total. The van der Waals surface area contributed by atoms with E-state index in [1.54, 1.807) is 12.1 Å². The van der Waals surface area contributed by atoms with Gasteiger partial charge < -0.3 is 10.5 Å². The normalized spacial score (nSPS) is 15.8. The number of halogens is 1. The minimum atomic E-state index is -0.232. The first kappa shape index (κ1) is 17.1. The van der Waals surface area contributed by atoms with Crippen LogP contribution in [0.3, 0.4) is 0 Å². The Morgan fingerprint density at radius 3 is 2.30 bits per heavy atom. The third kappa shape index (κ3) is 6.02. The fraction of sp³-hybridized carbons (Fsp3) is 0.647. The van der Waals surface area contributed by atoms with Crippen LogP contribution in [0.15, 0.2) is 24.3 Å². The Kier molecular flexibility index (Phi) is 7.78. The third-order valence-electron chi connectivity index (χ3n) is 3.52. The predicted molar refractivity (Wildman–Crippen MR) is 82.1 cm³/mol. The van der Waals surface area contributed by atoms with Crippen molar-refractivity contribution in [2.24, 2.45) is 5.73 Å². The van der Waals surface area contributed by atoms with Gasteiger partial charge in [0.2, 0.25) is 0 Å². The highest BCUT2D eigenvalue weighted by Crippen LogP contribution is 2.24. The van der Waals surface area contributed by atoms with Crippen molar-refractivity contribution in [3.63, 3.8) is 0 Å². The molecule has 0 heterocycles. The predicted octanol–water partition coefficient (Wildman–Crippen LogP) is 4.59. The zero-order chi connectivity index (χ0) is 15.0. The zero-order valence-electron chi connectivity index (χ0n) is 12.9. The van der Waals surface area contributed by atoms with Gasteiger partial charge in [-0.1, -0.05) is 44.7 Å². The maximum absolute atomic E-state index is 13.0. The highest BCUT2D eigenvalue weighted by atomic mass is 19.1. The van der Waals surface area contributed by atoms with E-state index in [-0.39, 0.29) is 24.1 Å². The van der Waals surface area contributed by atoms with E-state index in [1.807, 2.05) is 6.92 Å². The van der Waals surface area contributed by atoms with Gasteiger partial charge in [-0.2, -0.15) is 0 Å². The Balaban J connectivity index is 2.52. The average Bonchev–Trinajstić information content (AvgIpc) is 2.42. The summed E-state index contributed by atoms with van der Waals surface area (Å²) in [6.45, 7) is 6.23. The molecule has 0 bridgehead atoms. The zero-order valence-corrected chi connectivity index (χ0v) is 12.9. The summed E-state index contributed by atoms with van der Waals surface area (Å²) in [6.07, 6.45) is 6.01. The van der Waals surface area contributed by atoms with Crippen molar-refractivity contribution in [2.45, 2.75) is 71.1 Å². The van der Waals surface area contributed by atoms with Gasteiger partial charge in [-0.15, -0.1) is 0 Å². The highest BCUT2D eigenvalue weighted by Gasteiger charge is 2.19. The van der Waals surface area contributed by atoms with Crippen LogP contribution in [0.1, 0.15) is 64.5 Å². The van der Waals surface area contributed by atoms with Crippen molar-refractivity contribution in [3.05, 3.63) is 35.6 Å². The van der Waals surface area contributed by atoms with Crippen molar-refractivity contribution < 1.29 is 9.13 Å². The van der Waals surface area contributed by atoms with Gasteiger partial charge >= 0.3 is 0 Å². The van der Waals surface area contributed by atoms with E-state index < -0.39 is 0 Å². The molecule has 0 fully saturated rings. The van der Waals surface area contributed by atoms with E-state index >= 15 is 0 Å². The van der Waals surface area contributed by atoms with Gasteiger partial charge in [0.1, 0.15) is 5.82 Å². The van der Waals surface area contributed by atoms with Crippen molar-refractivity contribution in [3.8, 4) is 0 Å². The first-order chi connectivity index (χ1) is 9.54. The highest BCUT2D eigenvalue weighted by molar-refractivity contribution is 5.20. The van der Waals surface area contributed by atoms with Crippen LogP contribution in [0.2, 0.25) is 0 Å². The van der Waals surface area contributed by atoms with Gasteiger partial charge in [0, 0.05) is 6.04 Å². The van der Waals surface area contributed by atoms with Crippen LogP contribution in [-0.4, -0.2) is 12.1 Å². The summed E-state index contributed by atoms with van der Waals surface area (Å²) in [5.74, 6) is -0.232. The van der Waals surface area contributed by atoms with Gasteiger partial charge in [0.25, 0.3) is 0 Å². The molecule has 114 valence electrons. The molecule has 0 spiro atoms. The first-order valence-corrected chi connectivity index (χ1v) is 7.71. The standard InChI is InChI=1S/C17H28FNO/c1-4-5-6-7-8-13(2)20-17(14(3)19)15-9-11-16(18)12-10-15/h9-14,17H,4-8,19H2,1-3H3. The molecule has 0 aliphatic carbocycles. The molecule has 0 saturated carbocycles. The molecule has 3 unspecified atom stereocenters. The van der Waals surface area contributed by atoms with Crippen molar-refractivity contribution in [2.75, 3.05) is 0 Å². The van der Waals surface area contributed by atoms with Gasteiger partial charge in [0.15, 0.2) is 0 Å². The molecule has 0 aliphatic heterocycles. The maximum Gasteiger partial charge on any atom is 0.123 e. The monoisotopic (exact) mass is 281 g/mol. The van der Waals surface area contributed by atoms with E-state index in [0.29, 0.717) is 0 Å². The fourth-order valence-corrected chi connectivity index (χ4v) is 2.34. The molecule has 1 rings (SSSR count). The number of rotatable bonds is 9. The Labute approximate surface area is 122 Å². The average molecular weight is 281 g/mol. The van der Waals surface area contributed by atoms with E-state index in [0.717, 1.165) is 12.0 Å². The van der Waals surface area contributed by atoms with Crippen LogP contribution < -0.4 is 5.73 Å². The van der Waals surface area contributed by atoms with Crippen LogP contribution in [-0.2, 0) is 4.74 Å². The number of hydrogen-bond acceptors (Lipinski definition) is 2. The van der Waals surface area contributed by atoms with Crippen LogP contribution in [0.25, 0.3) is 0 Å². The van der Waals surface area contributed by atoms with E-state index in [1.165, 1.54) is 37.8 Å². The lowest BCUT2D eigenvalue weighted by Gasteiger charge is -2.26. The lowest BCUT2D eigenvalue weighted by Crippen LogP contribution is -2.29. The molecule has 0 amide bonds. The van der Waals surface area contributed by atoms with Crippen molar-refractivity contribution >= 4 is 0 Å². The molecule has 0 radical (unpaired) electrons. The summed E-state index contributed by atoms with van der Waals surface area (Å²) in [5, 5.41) is 0. The van der Waals surface area contributed by atoms with Crippen molar-refractivity contribution in [1.29, 1.82) is 0 Å². The second-order valence-corrected chi connectivity index (χ2v) is 5.63. The van der Waals surface area contributed by atoms with Crippen molar-refractivity contribution in [1.82, 2.24) is 0 Å². The quantitative estimate of drug-likeness (QED) is 0.672. The minimum Gasteiger partial charge on any atom is -0.369 e. The fourth-order valence-electron chi connectivity index (χ4n) is 2.34. The number of hydrogen-bond donors (Lipinski definition) is 1. The molecule has 1 aromatic rings. The summed E-state index contributed by atoms with van der Waals surface area (Å²) in [6, 6.07) is 6.32. The molecule has 0 aliphatic rings. The summed E-state index contributed by atoms with van der Waals surface area (Å²) in [7, 11) is 0. The molecule has 1 aromatic carbocycles. The summed E-state index contributed by atoms with van der Waals surface area (Å²) in [4.78, 5) is 0. The first-order valence-electron chi connectivity index (χ1n) is 7.71. The lowest BCUT2D eigenvalue weighted by molar-refractivity contribution is -0.0195. The van der Waals surface area contributed by atoms with Gasteiger partial charge in [0.05, 0.1) is 12.2 Å². The summed E-state index contributed by atoms with van der Waals surface area (Å²) < 4.78 is 19.1. The number of benzene rings is 1. The molecular formula is C17H28FNO. The Morgan fingerprint density at radius 1 is 1.10 bits per heavy atom. The number of unbranched alkanes of at least 4 members (excludes halogenated alkanes) is 3. The SMILES string of the molecule is CCCCCCC(C)OC(c1ccc(F)cc1)C(C)N. The molecule has 0 aromatic heterocycles. The van der Waals surface area contributed by atoms with Crippen LogP contribution in [0, 0.1) is 5.82 Å². The van der Waals surface area contributed by atoms with Gasteiger partial charge in [-0.3, -0.25) is 0 Å². The summed E-state index contributed by atoms with van der Waals surface area (Å²) >= 11 is 0.